The van der Waals surface area contributed by atoms with Crippen molar-refractivity contribution < 1.29 is 5.11 Å². The molecule has 2 rings (SSSR count). The van der Waals surface area contributed by atoms with Gasteiger partial charge in [-0.25, -0.2) is 0 Å². The summed E-state index contributed by atoms with van der Waals surface area (Å²) in [6, 6.07) is 0. The minimum atomic E-state index is 0.345. The molecule has 0 aromatic heterocycles. The normalized spacial score (nSPS) is 33.5. The third kappa shape index (κ3) is 1.98. The number of hydrogen-bond donors (Lipinski definition) is 1. The number of aliphatic hydroxyl groups excluding tert-OH is 1. The molecule has 2 unspecified atom stereocenters. The molecule has 16 heavy (non-hydrogen) atoms. The fourth-order valence-electron chi connectivity index (χ4n) is 3.13. The van der Waals surface area contributed by atoms with Crippen LogP contribution in [0, 0.1) is 17.3 Å². The van der Waals surface area contributed by atoms with Crippen LogP contribution in [0.2, 0.25) is 0 Å². The quantitative estimate of drug-likeness (QED) is 0.704. The van der Waals surface area contributed by atoms with E-state index in [0.717, 1.165) is 6.42 Å². The minimum Gasteiger partial charge on any atom is -0.396 e. The van der Waals surface area contributed by atoms with E-state index < -0.39 is 0 Å². The summed E-state index contributed by atoms with van der Waals surface area (Å²) in [7, 11) is 0. The van der Waals surface area contributed by atoms with Gasteiger partial charge < -0.3 is 5.11 Å². The second-order valence-corrected chi connectivity index (χ2v) is 6.00. The number of rotatable bonds is 2. The van der Waals surface area contributed by atoms with Gasteiger partial charge in [-0.3, -0.25) is 0 Å². The van der Waals surface area contributed by atoms with E-state index in [0.29, 0.717) is 23.9 Å². The van der Waals surface area contributed by atoms with Crippen molar-refractivity contribution >= 4 is 0 Å². The number of allylic oxidation sites excluding steroid dienone is 4. The zero-order chi connectivity index (χ0) is 11.8. The Morgan fingerprint density at radius 2 is 2.06 bits per heavy atom. The van der Waals surface area contributed by atoms with E-state index in [1.165, 1.54) is 19.3 Å². The van der Waals surface area contributed by atoms with Gasteiger partial charge in [0.25, 0.3) is 0 Å². The first-order valence-electron chi connectivity index (χ1n) is 6.52. The average Bonchev–Trinajstić information content (AvgIpc) is 2.54. The molecule has 0 aliphatic heterocycles. The van der Waals surface area contributed by atoms with Gasteiger partial charge in [0.15, 0.2) is 0 Å². The molecular weight excluding hydrogens is 196 g/mol. The molecule has 1 nitrogen and oxygen atoms in total. The van der Waals surface area contributed by atoms with E-state index in [-0.39, 0.29) is 0 Å². The zero-order valence-corrected chi connectivity index (χ0v) is 10.8. The van der Waals surface area contributed by atoms with Crippen molar-refractivity contribution in [1.29, 1.82) is 0 Å². The van der Waals surface area contributed by atoms with Crippen LogP contribution in [0.4, 0.5) is 0 Å². The van der Waals surface area contributed by atoms with E-state index >= 15 is 0 Å². The Morgan fingerprint density at radius 1 is 1.31 bits per heavy atom. The molecule has 0 saturated heterocycles. The van der Waals surface area contributed by atoms with Gasteiger partial charge in [0.1, 0.15) is 0 Å². The summed E-state index contributed by atoms with van der Waals surface area (Å²) >= 11 is 0. The van der Waals surface area contributed by atoms with Gasteiger partial charge in [-0.1, -0.05) is 37.1 Å². The van der Waals surface area contributed by atoms with Gasteiger partial charge in [0, 0.05) is 6.61 Å². The Labute approximate surface area is 99.3 Å². The lowest BCUT2D eigenvalue weighted by molar-refractivity contribution is 0.210. The van der Waals surface area contributed by atoms with Gasteiger partial charge in [0.2, 0.25) is 0 Å². The smallest absolute Gasteiger partial charge is 0.0462 e. The monoisotopic (exact) mass is 220 g/mol. The second-order valence-electron chi connectivity index (χ2n) is 6.00. The van der Waals surface area contributed by atoms with Crippen LogP contribution in [-0.2, 0) is 0 Å². The number of aliphatic hydroxyl groups is 1. The first kappa shape index (κ1) is 11.9. The second kappa shape index (κ2) is 4.37. The topological polar surface area (TPSA) is 20.2 Å². The maximum atomic E-state index is 9.15. The van der Waals surface area contributed by atoms with E-state index in [1.54, 1.807) is 11.1 Å². The molecule has 0 heterocycles. The Bertz CT molecular complexity index is 322. The predicted molar refractivity (Wildman–Crippen MR) is 68.2 cm³/mol. The molecule has 0 radical (unpaired) electrons. The third-order valence-electron chi connectivity index (χ3n) is 4.81. The van der Waals surface area contributed by atoms with Crippen molar-refractivity contribution in [2.45, 2.75) is 46.5 Å². The lowest BCUT2D eigenvalue weighted by atomic mass is 9.71. The summed E-state index contributed by atoms with van der Waals surface area (Å²) in [6.07, 6.45) is 9.48. The first-order valence-corrected chi connectivity index (χ1v) is 6.52. The highest BCUT2D eigenvalue weighted by Gasteiger charge is 2.37. The molecule has 1 heteroatoms. The third-order valence-corrected chi connectivity index (χ3v) is 4.81. The van der Waals surface area contributed by atoms with Crippen molar-refractivity contribution in [2.75, 3.05) is 6.61 Å². The molecule has 2 aliphatic carbocycles. The Hall–Kier alpha value is -0.560. The van der Waals surface area contributed by atoms with Crippen LogP contribution in [0.1, 0.15) is 46.5 Å². The molecule has 0 amide bonds. The molecule has 2 atom stereocenters. The molecule has 1 N–H and O–H groups in total. The van der Waals surface area contributed by atoms with Crippen molar-refractivity contribution in [3.05, 3.63) is 23.3 Å². The zero-order valence-electron chi connectivity index (χ0n) is 10.8. The van der Waals surface area contributed by atoms with Crippen molar-refractivity contribution in [1.82, 2.24) is 0 Å². The SMILES string of the molecule is CC1=CCC(C2=CCC(CO)CC2)C1(C)C. The van der Waals surface area contributed by atoms with Crippen LogP contribution < -0.4 is 0 Å². The van der Waals surface area contributed by atoms with Gasteiger partial charge in [-0.15, -0.1) is 0 Å². The maximum absolute atomic E-state index is 9.15. The predicted octanol–water partition coefficient (Wildman–Crippen LogP) is 3.70. The van der Waals surface area contributed by atoms with Crippen LogP contribution in [0.5, 0.6) is 0 Å². The van der Waals surface area contributed by atoms with Crippen LogP contribution in [-0.4, -0.2) is 11.7 Å². The summed E-state index contributed by atoms with van der Waals surface area (Å²) in [5.74, 6) is 1.23. The van der Waals surface area contributed by atoms with E-state index in [4.69, 9.17) is 5.11 Å². The summed E-state index contributed by atoms with van der Waals surface area (Å²) in [4.78, 5) is 0. The molecule has 90 valence electrons. The van der Waals surface area contributed by atoms with Crippen molar-refractivity contribution in [3.63, 3.8) is 0 Å². The van der Waals surface area contributed by atoms with Gasteiger partial charge >= 0.3 is 0 Å². The Morgan fingerprint density at radius 3 is 2.50 bits per heavy atom. The van der Waals surface area contributed by atoms with Gasteiger partial charge in [0.05, 0.1) is 0 Å². The minimum absolute atomic E-state index is 0.345. The lowest BCUT2D eigenvalue weighted by Crippen LogP contribution is -2.24. The largest absolute Gasteiger partial charge is 0.396 e. The van der Waals surface area contributed by atoms with Gasteiger partial charge in [-0.2, -0.15) is 0 Å². The lowest BCUT2D eigenvalue weighted by Gasteiger charge is -2.34. The van der Waals surface area contributed by atoms with E-state index in [2.05, 4.69) is 32.9 Å². The highest BCUT2D eigenvalue weighted by Crippen LogP contribution is 2.48. The summed E-state index contributed by atoms with van der Waals surface area (Å²) in [5, 5.41) is 9.15. The summed E-state index contributed by atoms with van der Waals surface area (Å²) < 4.78 is 0. The Kier molecular flexibility index (Phi) is 3.25. The van der Waals surface area contributed by atoms with Crippen molar-refractivity contribution in [3.8, 4) is 0 Å². The van der Waals surface area contributed by atoms with Crippen LogP contribution in [0.25, 0.3) is 0 Å². The van der Waals surface area contributed by atoms with Gasteiger partial charge in [-0.05, 0) is 49.9 Å². The maximum Gasteiger partial charge on any atom is 0.0462 e. The molecule has 0 fully saturated rings. The molecule has 0 bridgehead atoms. The Balaban J connectivity index is 2.08. The van der Waals surface area contributed by atoms with Crippen LogP contribution in [0.3, 0.4) is 0 Å². The molecule has 0 aromatic rings. The standard InChI is InChI=1S/C15H24O/c1-11-4-9-14(15(11,2)3)13-7-5-12(10-16)6-8-13/h4,7,12,14,16H,5-6,8-10H2,1-3H3. The molecule has 0 saturated carbocycles. The van der Waals surface area contributed by atoms with Crippen LogP contribution >= 0.6 is 0 Å². The highest BCUT2D eigenvalue weighted by atomic mass is 16.3. The molecular formula is C15H24O. The average molecular weight is 220 g/mol. The van der Waals surface area contributed by atoms with Crippen molar-refractivity contribution in [2.24, 2.45) is 17.3 Å². The molecule has 2 aliphatic rings. The van der Waals surface area contributed by atoms with E-state index in [9.17, 15) is 0 Å². The summed E-state index contributed by atoms with van der Waals surface area (Å²) in [6.45, 7) is 7.36. The first-order chi connectivity index (χ1) is 7.55. The van der Waals surface area contributed by atoms with Crippen LogP contribution in [0.15, 0.2) is 23.3 Å². The molecule has 0 aromatic carbocycles. The molecule has 0 spiro atoms. The fraction of sp³-hybridized carbons (Fsp3) is 0.733. The van der Waals surface area contributed by atoms with E-state index in [1.807, 2.05) is 0 Å². The fourth-order valence-corrected chi connectivity index (χ4v) is 3.13. The number of hydrogen-bond acceptors (Lipinski definition) is 1. The highest BCUT2D eigenvalue weighted by molar-refractivity contribution is 5.27. The summed E-state index contributed by atoms with van der Waals surface area (Å²) in [5.41, 5.74) is 3.53.